The van der Waals surface area contributed by atoms with Crippen LogP contribution in [0, 0.1) is 0 Å². The lowest BCUT2D eigenvalue weighted by atomic mass is 10.1. The molecule has 8 nitrogen and oxygen atoms in total. The van der Waals surface area contributed by atoms with Crippen LogP contribution in [0.4, 0.5) is 0 Å². The topological polar surface area (TPSA) is 99.9 Å². The summed E-state index contributed by atoms with van der Waals surface area (Å²) in [6.45, 7) is 4.54. The summed E-state index contributed by atoms with van der Waals surface area (Å²) in [6.07, 6.45) is 8.57. The minimum absolute atomic E-state index is 0.0859. The second-order valence-corrected chi connectivity index (χ2v) is 7.49. The summed E-state index contributed by atoms with van der Waals surface area (Å²) in [5.41, 5.74) is 0.460. The minimum Gasteiger partial charge on any atom is -0.377 e. The van der Waals surface area contributed by atoms with E-state index in [4.69, 9.17) is 4.74 Å². The molecule has 3 heterocycles. The van der Waals surface area contributed by atoms with Gasteiger partial charge >= 0.3 is 0 Å². The van der Waals surface area contributed by atoms with Crippen molar-refractivity contribution in [3.63, 3.8) is 0 Å². The molecular formula is C15H19N5O3S. The maximum Gasteiger partial charge on any atom is 0.250 e. The zero-order valence-electron chi connectivity index (χ0n) is 13.2. The molecule has 1 fully saturated rings. The van der Waals surface area contributed by atoms with E-state index in [1.807, 2.05) is 0 Å². The van der Waals surface area contributed by atoms with Gasteiger partial charge in [0.1, 0.15) is 5.69 Å². The number of aromatic nitrogens is 5. The van der Waals surface area contributed by atoms with Gasteiger partial charge < -0.3 is 4.74 Å². The number of ether oxygens (including phenoxy) is 1. The fourth-order valence-corrected chi connectivity index (χ4v) is 4.24. The van der Waals surface area contributed by atoms with Crippen molar-refractivity contribution < 1.29 is 13.2 Å². The Balaban J connectivity index is 1.95. The molecule has 0 aromatic carbocycles. The van der Waals surface area contributed by atoms with Gasteiger partial charge in [-0.2, -0.15) is 0 Å². The molecule has 0 saturated carbocycles. The molecule has 1 aliphatic rings. The average molecular weight is 349 g/mol. The number of hydrogen-bond donors (Lipinski definition) is 0. The van der Waals surface area contributed by atoms with Crippen LogP contribution < -0.4 is 0 Å². The zero-order chi connectivity index (χ0) is 17.0. The molecule has 0 N–H and O–H groups in total. The second kappa shape index (κ2) is 7.18. The van der Waals surface area contributed by atoms with E-state index in [0.29, 0.717) is 18.1 Å². The van der Waals surface area contributed by atoms with Gasteiger partial charge in [0.25, 0.3) is 0 Å². The molecule has 9 heteroatoms. The van der Waals surface area contributed by atoms with Crippen molar-refractivity contribution >= 4 is 9.84 Å². The molecule has 1 atom stereocenters. The largest absolute Gasteiger partial charge is 0.377 e. The van der Waals surface area contributed by atoms with Crippen LogP contribution >= 0.6 is 0 Å². The van der Waals surface area contributed by atoms with E-state index in [9.17, 15) is 8.42 Å². The third-order valence-electron chi connectivity index (χ3n) is 3.78. The summed E-state index contributed by atoms with van der Waals surface area (Å²) in [5.74, 6) is 0.258. The Morgan fingerprint density at radius 1 is 1.33 bits per heavy atom. The first-order valence-electron chi connectivity index (χ1n) is 7.76. The summed E-state index contributed by atoms with van der Waals surface area (Å²) in [5, 5.41) is 7.82. The summed E-state index contributed by atoms with van der Waals surface area (Å²) >= 11 is 0. The molecule has 0 radical (unpaired) electrons. The molecule has 0 unspecified atom stereocenters. The molecule has 0 amide bonds. The number of hydrogen-bond acceptors (Lipinski definition) is 7. The quantitative estimate of drug-likeness (QED) is 0.724. The van der Waals surface area contributed by atoms with Gasteiger partial charge in [0.2, 0.25) is 15.0 Å². The molecule has 2 aromatic rings. The average Bonchev–Trinajstić information content (AvgIpc) is 3.01. The maximum atomic E-state index is 12.8. The molecule has 0 aliphatic carbocycles. The van der Waals surface area contributed by atoms with Crippen LogP contribution in [0.5, 0.6) is 0 Å². The third kappa shape index (κ3) is 3.51. The highest BCUT2D eigenvalue weighted by molar-refractivity contribution is 7.91. The minimum atomic E-state index is -3.63. The second-order valence-electron chi connectivity index (χ2n) is 5.57. The van der Waals surface area contributed by atoms with Crippen molar-refractivity contribution in [3.05, 3.63) is 31.2 Å². The Morgan fingerprint density at radius 2 is 2.21 bits per heavy atom. The highest BCUT2D eigenvalue weighted by Gasteiger charge is 2.29. The van der Waals surface area contributed by atoms with Crippen LogP contribution in [0.3, 0.4) is 0 Å². The van der Waals surface area contributed by atoms with Crippen molar-refractivity contribution in [2.24, 2.45) is 0 Å². The summed E-state index contributed by atoms with van der Waals surface area (Å²) in [6, 6.07) is 0. The summed E-state index contributed by atoms with van der Waals surface area (Å²) < 4.78 is 32.6. The summed E-state index contributed by atoms with van der Waals surface area (Å²) in [4.78, 5) is 8.15. The van der Waals surface area contributed by atoms with Gasteiger partial charge in [-0.1, -0.05) is 6.08 Å². The summed E-state index contributed by atoms with van der Waals surface area (Å²) in [7, 11) is -3.63. The Kier molecular flexibility index (Phi) is 5.00. The van der Waals surface area contributed by atoms with Gasteiger partial charge in [0.15, 0.2) is 5.82 Å². The van der Waals surface area contributed by atoms with Crippen LogP contribution in [0.1, 0.15) is 19.3 Å². The molecule has 0 bridgehead atoms. The van der Waals surface area contributed by atoms with Crippen LogP contribution in [0.2, 0.25) is 0 Å². The van der Waals surface area contributed by atoms with Crippen molar-refractivity contribution in [1.29, 1.82) is 0 Å². The number of nitrogens with zero attached hydrogens (tertiary/aromatic N) is 5. The van der Waals surface area contributed by atoms with E-state index in [0.717, 1.165) is 19.3 Å². The number of rotatable bonds is 6. The van der Waals surface area contributed by atoms with Crippen molar-refractivity contribution in [2.45, 2.75) is 37.1 Å². The van der Waals surface area contributed by atoms with Gasteiger partial charge in [-0.05, 0) is 19.3 Å². The third-order valence-corrected chi connectivity index (χ3v) is 5.45. The zero-order valence-corrected chi connectivity index (χ0v) is 14.0. The van der Waals surface area contributed by atoms with Crippen LogP contribution in [-0.2, 0) is 21.1 Å². The van der Waals surface area contributed by atoms with Crippen LogP contribution in [0.15, 0.2) is 36.4 Å². The van der Waals surface area contributed by atoms with Gasteiger partial charge in [0.05, 0.1) is 18.1 Å². The van der Waals surface area contributed by atoms with Crippen molar-refractivity contribution in [3.8, 4) is 11.5 Å². The van der Waals surface area contributed by atoms with Gasteiger partial charge in [0, 0.05) is 25.5 Å². The first-order valence-corrected chi connectivity index (χ1v) is 9.42. The normalized spacial score (nSPS) is 18.4. The highest BCUT2D eigenvalue weighted by atomic mass is 32.2. The fraction of sp³-hybridized carbons (Fsp3) is 0.467. The molecule has 0 spiro atoms. The van der Waals surface area contributed by atoms with E-state index in [1.54, 1.807) is 6.08 Å². The monoisotopic (exact) mass is 349 g/mol. The molecule has 1 saturated heterocycles. The Morgan fingerprint density at radius 3 is 2.88 bits per heavy atom. The van der Waals surface area contributed by atoms with E-state index in [-0.39, 0.29) is 23.6 Å². The van der Waals surface area contributed by atoms with Crippen molar-refractivity contribution in [2.75, 3.05) is 12.4 Å². The number of sulfone groups is 1. The van der Waals surface area contributed by atoms with Gasteiger partial charge in [-0.15, -0.1) is 16.8 Å². The fourth-order valence-electron chi connectivity index (χ4n) is 2.67. The molecule has 24 heavy (non-hydrogen) atoms. The standard InChI is InChI=1S/C15H19N5O3S/c1-2-8-20-14(13-10-16-6-7-17-13)18-19-15(20)24(21,22)11-12-5-3-4-9-23-12/h2,6-7,10,12H,1,3-5,8-9,11H2/t12-/m0/s1. The lowest BCUT2D eigenvalue weighted by molar-refractivity contribution is 0.0304. The Bertz CT molecular complexity index is 798. The van der Waals surface area contributed by atoms with E-state index < -0.39 is 9.84 Å². The molecule has 2 aromatic heterocycles. The molecule has 128 valence electrons. The van der Waals surface area contributed by atoms with E-state index in [2.05, 4.69) is 26.7 Å². The number of allylic oxidation sites excluding steroid dienone is 1. The SMILES string of the molecule is C=CCn1c(-c2cnccn2)nnc1S(=O)(=O)C[C@@H]1CCCCO1. The highest BCUT2D eigenvalue weighted by Crippen LogP contribution is 2.22. The van der Waals surface area contributed by atoms with Gasteiger partial charge in [-0.25, -0.2) is 13.4 Å². The first kappa shape index (κ1) is 16.7. The predicted molar refractivity (Wildman–Crippen MR) is 86.9 cm³/mol. The van der Waals surface area contributed by atoms with Gasteiger partial charge in [-0.3, -0.25) is 9.55 Å². The Hall–Kier alpha value is -2.13. The molecular weight excluding hydrogens is 330 g/mol. The first-order chi connectivity index (χ1) is 11.6. The van der Waals surface area contributed by atoms with E-state index in [1.165, 1.54) is 23.2 Å². The lowest BCUT2D eigenvalue weighted by Gasteiger charge is -2.22. The smallest absolute Gasteiger partial charge is 0.250 e. The maximum absolute atomic E-state index is 12.8. The Labute approximate surface area is 140 Å². The lowest BCUT2D eigenvalue weighted by Crippen LogP contribution is -2.29. The predicted octanol–water partition coefficient (Wildman–Crippen LogP) is 1.26. The van der Waals surface area contributed by atoms with Crippen molar-refractivity contribution in [1.82, 2.24) is 24.7 Å². The molecule has 3 rings (SSSR count). The van der Waals surface area contributed by atoms with Crippen LogP contribution in [-0.4, -0.2) is 51.6 Å². The van der Waals surface area contributed by atoms with Crippen LogP contribution in [0.25, 0.3) is 11.5 Å². The van der Waals surface area contributed by atoms with E-state index >= 15 is 0 Å². The molecule has 1 aliphatic heterocycles.